The van der Waals surface area contributed by atoms with Crippen molar-refractivity contribution >= 4 is 40.6 Å². The molecule has 3 amide bonds. The lowest BCUT2D eigenvalue weighted by Gasteiger charge is -2.13. The molecule has 1 fully saturated rings. The van der Waals surface area contributed by atoms with Gasteiger partial charge in [0.1, 0.15) is 12.3 Å². The van der Waals surface area contributed by atoms with Crippen LogP contribution < -0.4 is 10.1 Å². The third kappa shape index (κ3) is 4.74. The van der Waals surface area contributed by atoms with Gasteiger partial charge in [-0.1, -0.05) is 0 Å². The van der Waals surface area contributed by atoms with Gasteiger partial charge in [-0.3, -0.25) is 19.3 Å². The molecule has 1 N–H and O–H groups in total. The van der Waals surface area contributed by atoms with Crippen molar-refractivity contribution in [3.05, 3.63) is 81.8 Å². The second-order valence-electron chi connectivity index (χ2n) is 7.90. The number of carbonyl (C=O) groups is 3. The minimum absolute atomic E-state index is 0.113. The van der Waals surface area contributed by atoms with Crippen LogP contribution in [0.4, 0.5) is 23.7 Å². The Morgan fingerprint density at radius 3 is 2.42 bits per heavy atom. The second kappa shape index (κ2) is 9.94. The number of imide groups is 1. The van der Waals surface area contributed by atoms with E-state index in [9.17, 15) is 27.6 Å². The van der Waals surface area contributed by atoms with Crippen molar-refractivity contribution in [2.75, 3.05) is 19.0 Å². The summed E-state index contributed by atoms with van der Waals surface area (Å²) < 4.78 is 47.5. The molecule has 0 saturated carbocycles. The third-order valence-electron chi connectivity index (χ3n) is 5.57. The zero-order chi connectivity index (χ0) is 26.1. The van der Waals surface area contributed by atoms with Crippen LogP contribution in [0.15, 0.2) is 47.4 Å². The monoisotopic (exact) mass is 515 g/mol. The molecule has 2 aromatic carbocycles. The first-order valence-corrected chi connectivity index (χ1v) is 11.4. The third-order valence-corrected chi connectivity index (χ3v) is 6.48. The van der Waals surface area contributed by atoms with Gasteiger partial charge >= 0.3 is 0 Å². The SMILES string of the molecule is COc1ccc(-n2c(C)cc(/C=C3\SC(=O)N(CC(=O)Nc4ccc(F)c(F)c4F)C3=O)c2C)cc1. The molecule has 0 atom stereocenters. The van der Waals surface area contributed by atoms with E-state index in [2.05, 4.69) is 0 Å². The molecule has 186 valence electrons. The van der Waals surface area contributed by atoms with Gasteiger partial charge in [-0.2, -0.15) is 0 Å². The average Bonchev–Trinajstić information content (AvgIpc) is 3.28. The number of halogens is 3. The molecule has 1 aromatic heterocycles. The topological polar surface area (TPSA) is 80.6 Å². The normalized spacial score (nSPS) is 14.6. The minimum atomic E-state index is -1.74. The first kappa shape index (κ1) is 25.1. The molecule has 0 unspecified atom stereocenters. The van der Waals surface area contributed by atoms with Gasteiger partial charge in [-0.15, -0.1) is 0 Å². The van der Waals surface area contributed by atoms with Gasteiger partial charge in [0.15, 0.2) is 17.5 Å². The second-order valence-corrected chi connectivity index (χ2v) is 8.89. The molecule has 0 spiro atoms. The number of rotatable bonds is 6. The molecule has 3 aromatic rings. The molecule has 4 rings (SSSR count). The summed E-state index contributed by atoms with van der Waals surface area (Å²) in [4.78, 5) is 38.4. The highest BCUT2D eigenvalue weighted by molar-refractivity contribution is 8.18. The number of thioether (sulfide) groups is 1. The van der Waals surface area contributed by atoms with E-state index in [1.807, 2.05) is 54.1 Å². The molecule has 36 heavy (non-hydrogen) atoms. The number of amides is 3. The van der Waals surface area contributed by atoms with E-state index in [-0.39, 0.29) is 4.91 Å². The molecule has 0 aliphatic carbocycles. The molecule has 1 saturated heterocycles. The van der Waals surface area contributed by atoms with Crippen LogP contribution >= 0.6 is 11.8 Å². The minimum Gasteiger partial charge on any atom is -0.497 e. The first-order chi connectivity index (χ1) is 17.1. The number of ether oxygens (including phenoxy) is 1. The molecule has 0 radical (unpaired) electrons. The molecule has 11 heteroatoms. The molecule has 1 aliphatic rings. The molecule has 1 aliphatic heterocycles. The standard InChI is InChI=1S/C25H20F3N3O4S/c1-13-10-15(14(2)31(13)16-4-6-17(35-3)7-5-16)11-20-24(33)30(25(34)36-20)12-21(32)29-19-9-8-18(26)22(27)23(19)28/h4-11H,12H2,1-3H3,(H,29,32)/b20-11-. The van der Waals surface area contributed by atoms with Gasteiger partial charge in [0.2, 0.25) is 5.91 Å². The highest BCUT2D eigenvalue weighted by Crippen LogP contribution is 2.34. The highest BCUT2D eigenvalue weighted by Gasteiger charge is 2.36. The fourth-order valence-electron chi connectivity index (χ4n) is 3.80. The van der Waals surface area contributed by atoms with Gasteiger partial charge in [-0.05, 0) is 79.7 Å². The van der Waals surface area contributed by atoms with Crippen molar-refractivity contribution in [1.29, 1.82) is 0 Å². The largest absolute Gasteiger partial charge is 0.497 e. The van der Waals surface area contributed by atoms with Gasteiger partial charge in [0.25, 0.3) is 11.1 Å². The Bertz CT molecular complexity index is 1420. The summed E-state index contributed by atoms with van der Waals surface area (Å²) >= 11 is 0.666. The number of carbonyl (C=O) groups excluding carboxylic acids is 3. The summed E-state index contributed by atoms with van der Waals surface area (Å²) in [6.45, 7) is 3.06. The van der Waals surface area contributed by atoms with Crippen LogP contribution in [0.5, 0.6) is 5.75 Å². The van der Waals surface area contributed by atoms with E-state index < -0.39 is 46.7 Å². The predicted octanol–water partition coefficient (Wildman–Crippen LogP) is 5.20. The summed E-state index contributed by atoms with van der Waals surface area (Å²) in [5.74, 6) is -5.65. The maximum Gasteiger partial charge on any atom is 0.294 e. The Morgan fingerprint density at radius 2 is 1.75 bits per heavy atom. The number of aromatic nitrogens is 1. The van der Waals surface area contributed by atoms with Crippen molar-refractivity contribution in [3.63, 3.8) is 0 Å². The number of methoxy groups -OCH3 is 1. The summed E-state index contributed by atoms with van der Waals surface area (Å²) in [6, 6.07) is 10.8. The first-order valence-electron chi connectivity index (χ1n) is 10.6. The number of hydrogen-bond donors (Lipinski definition) is 1. The van der Waals surface area contributed by atoms with Gasteiger partial charge in [0, 0.05) is 17.1 Å². The van der Waals surface area contributed by atoms with Crippen LogP contribution in [0.3, 0.4) is 0 Å². The van der Waals surface area contributed by atoms with Crippen molar-refractivity contribution in [3.8, 4) is 11.4 Å². The van der Waals surface area contributed by atoms with E-state index in [0.717, 1.165) is 23.1 Å². The van der Waals surface area contributed by atoms with E-state index in [0.29, 0.717) is 34.0 Å². The van der Waals surface area contributed by atoms with Crippen molar-refractivity contribution in [2.45, 2.75) is 13.8 Å². The van der Waals surface area contributed by atoms with Gasteiger partial charge in [0.05, 0.1) is 17.7 Å². The quantitative estimate of drug-likeness (QED) is 0.361. The Kier molecular flexibility index (Phi) is 6.93. The Balaban J connectivity index is 1.52. The summed E-state index contributed by atoms with van der Waals surface area (Å²) in [5.41, 5.74) is 2.72. The van der Waals surface area contributed by atoms with E-state index in [1.54, 1.807) is 13.2 Å². The smallest absolute Gasteiger partial charge is 0.294 e. The molecule has 7 nitrogen and oxygen atoms in total. The lowest BCUT2D eigenvalue weighted by molar-refractivity contribution is -0.127. The fourth-order valence-corrected chi connectivity index (χ4v) is 4.62. The molecular weight excluding hydrogens is 495 g/mol. The van der Waals surface area contributed by atoms with Crippen molar-refractivity contribution in [1.82, 2.24) is 9.47 Å². The lowest BCUT2D eigenvalue weighted by atomic mass is 10.2. The van der Waals surface area contributed by atoms with Crippen molar-refractivity contribution < 1.29 is 32.3 Å². The van der Waals surface area contributed by atoms with Crippen LogP contribution in [0.25, 0.3) is 11.8 Å². The van der Waals surface area contributed by atoms with Crippen LogP contribution in [0, 0.1) is 31.3 Å². The molecule has 0 bridgehead atoms. The van der Waals surface area contributed by atoms with Gasteiger partial charge < -0.3 is 14.6 Å². The number of aryl methyl sites for hydroxylation is 1. The number of benzene rings is 2. The molecular formula is C25H20F3N3O4S. The fraction of sp³-hybridized carbons (Fsp3) is 0.160. The zero-order valence-electron chi connectivity index (χ0n) is 19.4. The van der Waals surface area contributed by atoms with Crippen molar-refractivity contribution in [2.24, 2.45) is 0 Å². The van der Waals surface area contributed by atoms with E-state index in [1.165, 1.54) is 0 Å². The lowest BCUT2D eigenvalue weighted by Crippen LogP contribution is -2.36. The predicted molar refractivity (Wildman–Crippen MR) is 129 cm³/mol. The average molecular weight is 516 g/mol. The van der Waals surface area contributed by atoms with Crippen LogP contribution in [0.2, 0.25) is 0 Å². The maximum atomic E-state index is 13.8. The summed E-state index contributed by atoms with van der Waals surface area (Å²) in [5, 5.41) is 1.37. The highest BCUT2D eigenvalue weighted by atomic mass is 32.2. The maximum absolute atomic E-state index is 13.8. The van der Waals surface area contributed by atoms with Gasteiger partial charge in [-0.25, -0.2) is 13.2 Å². The number of nitrogens with zero attached hydrogens (tertiary/aromatic N) is 2. The zero-order valence-corrected chi connectivity index (χ0v) is 20.2. The van der Waals surface area contributed by atoms with E-state index in [4.69, 9.17) is 4.74 Å². The Labute approximate surface area is 208 Å². The van der Waals surface area contributed by atoms with E-state index >= 15 is 0 Å². The van der Waals surface area contributed by atoms with Crippen LogP contribution in [0.1, 0.15) is 17.0 Å². The summed E-state index contributed by atoms with van der Waals surface area (Å²) in [6.07, 6.45) is 1.57. The number of hydrogen-bond acceptors (Lipinski definition) is 5. The number of anilines is 1. The number of nitrogens with one attached hydrogen (secondary N) is 1. The Hall–Kier alpha value is -3.99. The van der Waals surface area contributed by atoms with Crippen LogP contribution in [-0.4, -0.2) is 40.2 Å². The van der Waals surface area contributed by atoms with Crippen LogP contribution in [-0.2, 0) is 9.59 Å². The summed E-state index contributed by atoms with van der Waals surface area (Å²) in [7, 11) is 1.58. The Morgan fingerprint density at radius 1 is 1.06 bits per heavy atom. The molecule has 2 heterocycles.